The standard InChI is InChI=1S/C13H11F2NO2/c1-16(13(17)12-3-2-6-18-12)8-9-4-5-10(14)11(15)7-9/h2-7H,8H2,1H3. The summed E-state index contributed by atoms with van der Waals surface area (Å²) in [7, 11) is 1.56. The maximum atomic E-state index is 13.0. The van der Waals surface area contributed by atoms with Crippen molar-refractivity contribution in [3.05, 3.63) is 59.6 Å². The fourth-order valence-corrected chi connectivity index (χ4v) is 1.57. The van der Waals surface area contributed by atoms with Gasteiger partial charge in [-0.2, -0.15) is 0 Å². The van der Waals surface area contributed by atoms with E-state index < -0.39 is 11.6 Å². The number of hydrogen-bond acceptors (Lipinski definition) is 2. The summed E-state index contributed by atoms with van der Waals surface area (Å²) in [6, 6.07) is 6.70. The molecule has 0 spiro atoms. The number of hydrogen-bond donors (Lipinski definition) is 0. The average Bonchev–Trinajstić information content (AvgIpc) is 2.86. The van der Waals surface area contributed by atoms with Gasteiger partial charge in [0, 0.05) is 13.6 Å². The molecule has 1 amide bonds. The predicted molar refractivity (Wildman–Crippen MR) is 60.9 cm³/mol. The Morgan fingerprint density at radius 2 is 2.06 bits per heavy atom. The van der Waals surface area contributed by atoms with Crippen molar-refractivity contribution >= 4 is 5.91 Å². The van der Waals surface area contributed by atoms with Gasteiger partial charge in [0.2, 0.25) is 0 Å². The van der Waals surface area contributed by atoms with Gasteiger partial charge >= 0.3 is 0 Å². The Morgan fingerprint density at radius 1 is 1.28 bits per heavy atom. The Labute approximate surface area is 103 Å². The van der Waals surface area contributed by atoms with E-state index in [2.05, 4.69) is 0 Å². The van der Waals surface area contributed by atoms with E-state index in [0.717, 1.165) is 12.1 Å². The molecule has 18 heavy (non-hydrogen) atoms. The summed E-state index contributed by atoms with van der Waals surface area (Å²) in [5, 5.41) is 0. The van der Waals surface area contributed by atoms with Crippen molar-refractivity contribution in [3.8, 4) is 0 Å². The minimum absolute atomic E-state index is 0.177. The van der Waals surface area contributed by atoms with Crippen molar-refractivity contribution in [1.82, 2.24) is 4.90 Å². The molecular weight excluding hydrogens is 240 g/mol. The van der Waals surface area contributed by atoms with Crippen molar-refractivity contribution in [2.75, 3.05) is 7.05 Å². The van der Waals surface area contributed by atoms with Crippen LogP contribution in [0.15, 0.2) is 41.0 Å². The molecule has 2 aromatic rings. The fraction of sp³-hybridized carbons (Fsp3) is 0.154. The SMILES string of the molecule is CN(Cc1ccc(F)c(F)c1)C(=O)c1ccco1. The number of carbonyl (C=O) groups excluding carboxylic acids is 1. The molecule has 2 rings (SSSR count). The van der Waals surface area contributed by atoms with Gasteiger partial charge < -0.3 is 9.32 Å². The second-order valence-electron chi connectivity index (χ2n) is 3.89. The molecule has 3 nitrogen and oxygen atoms in total. The summed E-state index contributed by atoms with van der Waals surface area (Å²) in [6.07, 6.45) is 1.40. The third-order valence-corrected chi connectivity index (χ3v) is 2.48. The summed E-state index contributed by atoms with van der Waals surface area (Å²) in [5.74, 6) is -1.94. The van der Waals surface area contributed by atoms with Gasteiger partial charge in [-0.1, -0.05) is 6.07 Å². The summed E-state index contributed by atoms with van der Waals surface area (Å²) in [6.45, 7) is 0.177. The molecule has 94 valence electrons. The molecule has 1 aromatic heterocycles. The van der Waals surface area contributed by atoms with Crippen LogP contribution in [-0.4, -0.2) is 17.9 Å². The van der Waals surface area contributed by atoms with Crippen LogP contribution in [0.25, 0.3) is 0 Å². The van der Waals surface area contributed by atoms with Crippen LogP contribution in [0.2, 0.25) is 0 Å². The number of halogens is 2. The monoisotopic (exact) mass is 251 g/mol. The number of furan rings is 1. The largest absolute Gasteiger partial charge is 0.459 e. The second kappa shape index (κ2) is 5.00. The highest BCUT2D eigenvalue weighted by molar-refractivity contribution is 5.91. The highest BCUT2D eigenvalue weighted by Gasteiger charge is 2.15. The molecule has 0 N–H and O–H groups in total. The Bertz CT molecular complexity index is 552. The molecule has 1 aromatic carbocycles. The van der Waals surface area contributed by atoms with E-state index in [-0.39, 0.29) is 18.2 Å². The third kappa shape index (κ3) is 2.56. The minimum atomic E-state index is -0.925. The van der Waals surface area contributed by atoms with E-state index >= 15 is 0 Å². The number of amides is 1. The van der Waals surface area contributed by atoms with E-state index in [0.29, 0.717) is 5.56 Å². The molecule has 0 atom stereocenters. The van der Waals surface area contributed by atoms with E-state index in [1.165, 1.54) is 17.2 Å². The molecule has 0 aliphatic heterocycles. The maximum absolute atomic E-state index is 13.0. The van der Waals surface area contributed by atoms with Gasteiger partial charge in [0.25, 0.3) is 5.91 Å². The van der Waals surface area contributed by atoms with Crippen LogP contribution in [-0.2, 0) is 6.54 Å². The maximum Gasteiger partial charge on any atom is 0.289 e. The molecule has 0 aliphatic carbocycles. The Hall–Kier alpha value is -2.17. The van der Waals surface area contributed by atoms with Gasteiger partial charge in [0.05, 0.1) is 6.26 Å². The quantitative estimate of drug-likeness (QED) is 0.840. The van der Waals surface area contributed by atoms with Crippen LogP contribution >= 0.6 is 0 Å². The van der Waals surface area contributed by atoms with Gasteiger partial charge in [-0.15, -0.1) is 0 Å². The molecule has 0 aliphatic rings. The zero-order chi connectivity index (χ0) is 13.1. The van der Waals surface area contributed by atoms with E-state index in [1.54, 1.807) is 19.2 Å². The summed E-state index contributed by atoms with van der Waals surface area (Å²) in [4.78, 5) is 13.2. The lowest BCUT2D eigenvalue weighted by atomic mass is 10.2. The van der Waals surface area contributed by atoms with E-state index in [9.17, 15) is 13.6 Å². The molecule has 0 unspecified atom stereocenters. The first-order chi connectivity index (χ1) is 8.58. The minimum Gasteiger partial charge on any atom is -0.459 e. The summed E-state index contributed by atoms with van der Waals surface area (Å²) in [5.41, 5.74) is 0.510. The first-order valence-corrected chi connectivity index (χ1v) is 5.31. The highest BCUT2D eigenvalue weighted by atomic mass is 19.2. The Kier molecular flexibility index (Phi) is 3.41. The van der Waals surface area contributed by atoms with Crippen LogP contribution in [0.1, 0.15) is 16.1 Å². The average molecular weight is 251 g/mol. The van der Waals surface area contributed by atoms with Crippen LogP contribution in [0.5, 0.6) is 0 Å². The zero-order valence-electron chi connectivity index (χ0n) is 9.69. The zero-order valence-corrected chi connectivity index (χ0v) is 9.69. The topological polar surface area (TPSA) is 33.5 Å². The van der Waals surface area contributed by atoms with Gasteiger partial charge in [-0.3, -0.25) is 4.79 Å². The van der Waals surface area contributed by atoms with Crippen molar-refractivity contribution in [2.45, 2.75) is 6.54 Å². The first-order valence-electron chi connectivity index (χ1n) is 5.31. The lowest BCUT2D eigenvalue weighted by Crippen LogP contribution is -2.25. The lowest BCUT2D eigenvalue weighted by Gasteiger charge is -2.15. The Balaban J connectivity index is 2.09. The summed E-state index contributed by atoms with van der Waals surface area (Å²) < 4.78 is 30.7. The van der Waals surface area contributed by atoms with Gasteiger partial charge in [-0.05, 0) is 29.8 Å². The first kappa shape index (κ1) is 12.3. The second-order valence-corrected chi connectivity index (χ2v) is 3.89. The van der Waals surface area contributed by atoms with Crippen molar-refractivity contribution in [1.29, 1.82) is 0 Å². The fourth-order valence-electron chi connectivity index (χ4n) is 1.57. The molecule has 0 saturated heterocycles. The van der Waals surface area contributed by atoms with Crippen LogP contribution in [0.4, 0.5) is 8.78 Å². The third-order valence-electron chi connectivity index (χ3n) is 2.48. The number of carbonyl (C=O) groups is 1. The molecule has 0 bridgehead atoms. The lowest BCUT2D eigenvalue weighted by molar-refractivity contribution is 0.0753. The molecular formula is C13H11F2NO2. The van der Waals surface area contributed by atoms with Crippen LogP contribution < -0.4 is 0 Å². The number of benzene rings is 1. The molecule has 0 radical (unpaired) electrons. The molecule has 5 heteroatoms. The summed E-state index contributed by atoms with van der Waals surface area (Å²) >= 11 is 0. The number of nitrogens with zero attached hydrogens (tertiary/aromatic N) is 1. The Morgan fingerprint density at radius 3 is 2.67 bits per heavy atom. The van der Waals surface area contributed by atoms with E-state index in [1.807, 2.05) is 0 Å². The van der Waals surface area contributed by atoms with Gasteiger partial charge in [-0.25, -0.2) is 8.78 Å². The molecule has 0 saturated carbocycles. The van der Waals surface area contributed by atoms with Crippen molar-refractivity contribution in [2.24, 2.45) is 0 Å². The molecule has 1 heterocycles. The number of rotatable bonds is 3. The smallest absolute Gasteiger partial charge is 0.289 e. The highest BCUT2D eigenvalue weighted by Crippen LogP contribution is 2.12. The van der Waals surface area contributed by atoms with Crippen molar-refractivity contribution < 1.29 is 18.0 Å². The molecule has 0 fully saturated rings. The van der Waals surface area contributed by atoms with Gasteiger partial charge in [0.15, 0.2) is 17.4 Å². The van der Waals surface area contributed by atoms with Crippen molar-refractivity contribution in [3.63, 3.8) is 0 Å². The normalized spacial score (nSPS) is 10.4. The van der Waals surface area contributed by atoms with Crippen LogP contribution in [0.3, 0.4) is 0 Å². The van der Waals surface area contributed by atoms with Crippen LogP contribution in [0, 0.1) is 11.6 Å². The van der Waals surface area contributed by atoms with E-state index in [4.69, 9.17) is 4.42 Å². The van der Waals surface area contributed by atoms with Gasteiger partial charge in [0.1, 0.15) is 0 Å². The predicted octanol–water partition coefficient (Wildman–Crippen LogP) is 2.83.